The lowest BCUT2D eigenvalue weighted by atomic mass is 10.1. The van der Waals surface area contributed by atoms with Crippen molar-refractivity contribution in [3.8, 4) is 0 Å². The van der Waals surface area contributed by atoms with Crippen molar-refractivity contribution in [3.05, 3.63) is 44.6 Å². The molecule has 0 amide bonds. The van der Waals surface area contributed by atoms with E-state index in [4.69, 9.17) is 11.6 Å². The number of hydrogen-bond acceptors (Lipinski definition) is 3. The number of nitrogens with zero attached hydrogens (tertiary/aromatic N) is 2. The van der Waals surface area contributed by atoms with Crippen LogP contribution in [0.4, 0.5) is 5.69 Å². The topological polar surface area (TPSA) is 56.0 Å². The molecule has 2 rings (SSSR count). The van der Waals surface area contributed by atoms with Crippen molar-refractivity contribution in [1.82, 2.24) is 4.98 Å². The molecular formula is C11H9ClN2O2. The summed E-state index contributed by atoms with van der Waals surface area (Å²) in [7, 11) is 0. The second kappa shape index (κ2) is 3.72. The average Bonchev–Trinajstić information content (AvgIpc) is 2.25. The van der Waals surface area contributed by atoms with Gasteiger partial charge >= 0.3 is 0 Å². The fraction of sp³-hybridized carbons (Fsp3) is 0.182. The molecule has 0 unspecified atom stereocenters. The number of halogens is 1. The van der Waals surface area contributed by atoms with Crippen LogP contribution in [0.2, 0.25) is 5.02 Å². The summed E-state index contributed by atoms with van der Waals surface area (Å²) in [5.74, 6) is 0. The van der Waals surface area contributed by atoms with Gasteiger partial charge < -0.3 is 0 Å². The monoisotopic (exact) mass is 236 g/mol. The molecule has 0 aliphatic rings. The summed E-state index contributed by atoms with van der Waals surface area (Å²) >= 11 is 6.14. The number of nitro benzene ring substituents is 1. The first-order valence-electron chi connectivity index (χ1n) is 4.72. The number of pyridine rings is 1. The second-order valence-electron chi connectivity index (χ2n) is 3.56. The number of rotatable bonds is 1. The SMILES string of the molecule is Cc1nc2cccc([N+](=O)[O-])c2c(Cl)c1C. The number of fused-ring (bicyclic) bond motifs is 1. The van der Waals surface area contributed by atoms with Crippen LogP contribution >= 0.6 is 11.6 Å². The van der Waals surface area contributed by atoms with Gasteiger partial charge in [-0.15, -0.1) is 0 Å². The number of benzene rings is 1. The summed E-state index contributed by atoms with van der Waals surface area (Å²) < 4.78 is 0. The molecule has 1 aromatic carbocycles. The molecular weight excluding hydrogens is 228 g/mol. The molecule has 1 heterocycles. The molecule has 2 aromatic rings. The van der Waals surface area contributed by atoms with Crippen LogP contribution in [0.1, 0.15) is 11.3 Å². The third-order valence-electron chi connectivity index (χ3n) is 2.60. The quantitative estimate of drug-likeness (QED) is 0.563. The molecule has 1 aromatic heterocycles. The zero-order chi connectivity index (χ0) is 11.9. The molecule has 16 heavy (non-hydrogen) atoms. The van der Waals surface area contributed by atoms with E-state index >= 15 is 0 Å². The lowest BCUT2D eigenvalue weighted by Gasteiger charge is -2.06. The zero-order valence-corrected chi connectivity index (χ0v) is 9.58. The molecule has 0 saturated heterocycles. The lowest BCUT2D eigenvalue weighted by Crippen LogP contribution is -1.95. The summed E-state index contributed by atoms with van der Waals surface area (Å²) in [5.41, 5.74) is 2.13. The van der Waals surface area contributed by atoms with Gasteiger partial charge in [0.1, 0.15) is 0 Å². The fourth-order valence-corrected chi connectivity index (χ4v) is 1.94. The smallest absolute Gasteiger partial charge is 0.258 e. The van der Waals surface area contributed by atoms with Crippen molar-refractivity contribution in [2.45, 2.75) is 13.8 Å². The Morgan fingerprint density at radius 1 is 1.38 bits per heavy atom. The van der Waals surface area contributed by atoms with Crippen molar-refractivity contribution in [3.63, 3.8) is 0 Å². The Hall–Kier alpha value is -1.68. The van der Waals surface area contributed by atoms with Crippen molar-refractivity contribution in [2.75, 3.05) is 0 Å². The van der Waals surface area contributed by atoms with E-state index in [-0.39, 0.29) is 5.69 Å². The molecule has 0 N–H and O–H groups in total. The van der Waals surface area contributed by atoms with E-state index in [1.165, 1.54) is 6.07 Å². The first-order chi connectivity index (χ1) is 7.52. The number of non-ortho nitro benzene ring substituents is 1. The van der Waals surface area contributed by atoms with Crippen molar-refractivity contribution in [1.29, 1.82) is 0 Å². The van der Waals surface area contributed by atoms with E-state index in [9.17, 15) is 10.1 Å². The molecule has 82 valence electrons. The van der Waals surface area contributed by atoms with Gasteiger partial charge in [0.05, 0.1) is 20.8 Å². The number of aromatic nitrogens is 1. The summed E-state index contributed by atoms with van der Waals surface area (Å²) in [5, 5.41) is 11.7. The van der Waals surface area contributed by atoms with Crippen LogP contribution < -0.4 is 0 Å². The highest BCUT2D eigenvalue weighted by Gasteiger charge is 2.17. The first-order valence-corrected chi connectivity index (χ1v) is 5.10. The maximum atomic E-state index is 10.9. The number of nitro groups is 1. The van der Waals surface area contributed by atoms with Gasteiger partial charge in [-0.2, -0.15) is 0 Å². The molecule has 0 saturated carbocycles. The number of hydrogen-bond donors (Lipinski definition) is 0. The molecule has 0 fully saturated rings. The van der Waals surface area contributed by atoms with E-state index in [0.717, 1.165) is 11.3 Å². The molecule has 5 heteroatoms. The molecule has 0 aliphatic carbocycles. The molecule has 4 nitrogen and oxygen atoms in total. The maximum Gasteiger partial charge on any atom is 0.280 e. The Morgan fingerprint density at radius 3 is 2.69 bits per heavy atom. The molecule has 0 atom stereocenters. The van der Waals surface area contributed by atoms with E-state index in [2.05, 4.69) is 4.98 Å². The number of aryl methyl sites for hydroxylation is 1. The highest BCUT2D eigenvalue weighted by molar-refractivity contribution is 6.37. The van der Waals surface area contributed by atoms with Crippen LogP contribution in [-0.2, 0) is 0 Å². The minimum absolute atomic E-state index is 0.00176. The third kappa shape index (κ3) is 1.51. The van der Waals surface area contributed by atoms with E-state index < -0.39 is 4.92 Å². The highest BCUT2D eigenvalue weighted by Crippen LogP contribution is 2.33. The Balaban J connectivity index is 2.97. The Bertz CT molecular complexity index is 596. The van der Waals surface area contributed by atoms with Gasteiger partial charge in [-0.3, -0.25) is 15.1 Å². The highest BCUT2D eigenvalue weighted by atomic mass is 35.5. The fourth-order valence-electron chi connectivity index (χ4n) is 1.61. The molecule has 0 aliphatic heterocycles. The van der Waals surface area contributed by atoms with Gasteiger partial charge in [0.15, 0.2) is 0 Å². The Morgan fingerprint density at radius 2 is 2.06 bits per heavy atom. The van der Waals surface area contributed by atoms with E-state index in [0.29, 0.717) is 15.9 Å². The van der Waals surface area contributed by atoms with Crippen molar-refractivity contribution in [2.24, 2.45) is 0 Å². The van der Waals surface area contributed by atoms with Crippen LogP contribution in [0, 0.1) is 24.0 Å². The maximum absolute atomic E-state index is 10.9. The first kappa shape index (κ1) is 10.8. The van der Waals surface area contributed by atoms with E-state index in [1.807, 2.05) is 6.92 Å². The minimum atomic E-state index is -0.440. The average molecular weight is 237 g/mol. The molecule has 0 spiro atoms. The van der Waals surface area contributed by atoms with Gasteiger partial charge in [0, 0.05) is 11.8 Å². The summed E-state index contributed by atoms with van der Waals surface area (Å²) in [6.07, 6.45) is 0. The van der Waals surface area contributed by atoms with Gasteiger partial charge in [-0.1, -0.05) is 17.7 Å². The van der Waals surface area contributed by atoms with Crippen LogP contribution in [0.3, 0.4) is 0 Å². The summed E-state index contributed by atoms with van der Waals surface area (Å²) in [6, 6.07) is 4.77. The predicted molar refractivity (Wildman–Crippen MR) is 62.9 cm³/mol. The van der Waals surface area contributed by atoms with Crippen molar-refractivity contribution < 1.29 is 4.92 Å². The summed E-state index contributed by atoms with van der Waals surface area (Å²) in [6.45, 7) is 3.64. The standard InChI is InChI=1S/C11H9ClN2O2/c1-6-7(2)13-8-4-3-5-9(14(15)16)10(8)11(6)12/h3-5H,1-2H3. The van der Waals surface area contributed by atoms with Crippen molar-refractivity contribution >= 4 is 28.2 Å². The van der Waals surface area contributed by atoms with Gasteiger partial charge in [0.25, 0.3) is 5.69 Å². The van der Waals surface area contributed by atoms with Crippen LogP contribution in [0.25, 0.3) is 10.9 Å². The minimum Gasteiger partial charge on any atom is -0.258 e. The Labute approximate surface area is 97.0 Å². The third-order valence-corrected chi connectivity index (χ3v) is 3.07. The second-order valence-corrected chi connectivity index (χ2v) is 3.94. The van der Waals surface area contributed by atoms with Gasteiger partial charge in [-0.05, 0) is 25.5 Å². The zero-order valence-electron chi connectivity index (χ0n) is 8.82. The van der Waals surface area contributed by atoms with Crippen LogP contribution in [0.15, 0.2) is 18.2 Å². The predicted octanol–water partition coefficient (Wildman–Crippen LogP) is 3.41. The summed E-state index contributed by atoms with van der Waals surface area (Å²) in [4.78, 5) is 14.7. The Kier molecular flexibility index (Phi) is 2.52. The van der Waals surface area contributed by atoms with Crippen LogP contribution in [0.5, 0.6) is 0 Å². The largest absolute Gasteiger partial charge is 0.280 e. The van der Waals surface area contributed by atoms with Crippen LogP contribution in [-0.4, -0.2) is 9.91 Å². The van der Waals surface area contributed by atoms with Gasteiger partial charge in [-0.25, -0.2) is 0 Å². The molecule has 0 radical (unpaired) electrons. The van der Waals surface area contributed by atoms with Gasteiger partial charge in [0.2, 0.25) is 0 Å². The molecule has 0 bridgehead atoms. The van der Waals surface area contributed by atoms with E-state index in [1.54, 1.807) is 19.1 Å². The lowest BCUT2D eigenvalue weighted by molar-refractivity contribution is -0.383. The normalized spacial score (nSPS) is 10.7.